The monoisotopic (exact) mass is 313 g/mol. The number of aryl methyl sites for hydroxylation is 2. The van der Waals surface area contributed by atoms with Crippen LogP contribution in [0, 0.1) is 13.8 Å². The molecule has 2 aromatic carbocycles. The van der Waals surface area contributed by atoms with Crippen molar-refractivity contribution in [1.82, 2.24) is 0 Å². The molecule has 1 amide bonds. The summed E-state index contributed by atoms with van der Waals surface area (Å²) < 4.78 is 16.3. The van der Waals surface area contributed by atoms with E-state index in [1.165, 1.54) is 0 Å². The number of rotatable bonds is 4. The average molecular weight is 313 g/mol. The van der Waals surface area contributed by atoms with Crippen molar-refractivity contribution in [3.63, 3.8) is 0 Å². The van der Waals surface area contributed by atoms with E-state index in [1.807, 2.05) is 26.0 Å². The maximum absolute atomic E-state index is 12.3. The van der Waals surface area contributed by atoms with E-state index >= 15 is 0 Å². The van der Waals surface area contributed by atoms with Gasteiger partial charge in [-0.1, -0.05) is 6.07 Å². The lowest BCUT2D eigenvalue weighted by molar-refractivity contribution is -0.122. The van der Waals surface area contributed by atoms with Gasteiger partial charge in [-0.3, -0.25) is 4.79 Å². The second-order valence-electron chi connectivity index (χ2n) is 5.64. The zero-order chi connectivity index (χ0) is 16.4. The van der Waals surface area contributed by atoms with Gasteiger partial charge in [0.15, 0.2) is 17.6 Å². The van der Waals surface area contributed by atoms with Crippen molar-refractivity contribution in [1.29, 1.82) is 0 Å². The SMILES string of the molecule is Cc1cc(C)cc(O[C@H](C)C(=O)Nc2ccc3c(c2)OCO3)c1. The summed E-state index contributed by atoms with van der Waals surface area (Å²) >= 11 is 0. The third-order valence-corrected chi connectivity index (χ3v) is 3.52. The normalized spacial score (nSPS) is 13.5. The molecule has 1 N–H and O–H groups in total. The molecule has 0 saturated carbocycles. The second kappa shape index (κ2) is 6.20. The molecule has 0 radical (unpaired) electrons. The molecule has 0 saturated heterocycles. The molecule has 1 atom stereocenters. The molecular weight excluding hydrogens is 294 g/mol. The lowest BCUT2D eigenvalue weighted by Crippen LogP contribution is -2.30. The lowest BCUT2D eigenvalue weighted by atomic mass is 10.1. The first-order valence-electron chi connectivity index (χ1n) is 7.47. The molecule has 23 heavy (non-hydrogen) atoms. The van der Waals surface area contributed by atoms with Gasteiger partial charge in [0.1, 0.15) is 5.75 Å². The smallest absolute Gasteiger partial charge is 0.265 e. The molecular formula is C18H19NO4. The van der Waals surface area contributed by atoms with Crippen molar-refractivity contribution >= 4 is 11.6 Å². The Balaban J connectivity index is 1.65. The van der Waals surface area contributed by atoms with Gasteiger partial charge in [0.25, 0.3) is 5.91 Å². The van der Waals surface area contributed by atoms with Gasteiger partial charge in [0.05, 0.1) is 0 Å². The highest BCUT2D eigenvalue weighted by molar-refractivity contribution is 5.94. The van der Waals surface area contributed by atoms with Crippen LogP contribution in [0.5, 0.6) is 17.2 Å². The molecule has 5 nitrogen and oxygen atoms in total. The Kier molecular flexibility index (Phi) is 4.10. The van der Waals surface area contributed by atoms with Gasteiger partial charge >= 0.3 is 0 Å². The van der Waals surface area contributed by atoms with Gasteiger partial charge in [0, 0.05) is 11.8 Å². The quantitative estimate of drug-likeness (QED) is 0.939. The van der Waals surface area contributed by atoms with E-state index in [9.17, 15) is 4.79 Å². The third-order valence-electron chi connectivity index (χ3n) is 3.52. The van der Waals surface area contributed by atoms with Gasteiger partial charge in [-0.15, -0.1) is 0 Å². The van der Waals surface area contributed by atoms with Gasteiger partial charge in [0.2, 0.25) is 6.79 Å². The Morgan fingerprint density at radius 3 is 2.52 bits per heavy atom. The van der Waals surface area contributed by atoms with Crippen molar-refractivity contribution < 1.29 is 19.0 Å². The Labute approximate surface area is 135 Å². The van der Waals surface area contributed by atoms with Crippen LogP contribution in [-0.2, 0) is 4.79 Å². The highest BCUT2D eigenvalue weighted by Crippen LogP contribution is 2.34. The van der Waals surface area contributed by atoms with Crippen molar-refractivity contribution in [2.45, 2.75) is 26.9 Å². The summed E-state index contributed by atoms with van der Waals surface area (Å²) in [6, 6.07) is 11.2. The number of carbonyl (C=O) groups excluding carboxylic acids is 1. The minimum Gasteiger partial charge on any atom is -0.481 e. The topological polar surface area (TPSA) is 56.8 Å². The van der Waals surface area contributed by atoms with E-state index in [4.69, 9.17) is 14.2 Å². The predicted molar refractivity (Wildman–Crippen MR) is 87.2 cm³/mol. The molecule has 3 rings (SSSR count). The van der Waals surface area contributed by atoms with E-state index in [2.05, 4.69) is 11.4 Å². The van der Waals surface area contributed by atoms with E-state index < -0.39 is 6.10 Å². The largest absolute Gasteiger partial charge is 0.481 e. The van der Waals surface area contributed by atoms with Crippen molar-refractivity contribution in [2.75, 3.05) is 12.1 Å². The van der Waals surface area contributed by atoms with Gasteiger partial charge in [-0.05, 0) is 56.2 Å². The fourth-order valence-electron chi connectivity index (χ4n) is 2.48. The van der Waals surface area contributed by atoms with E-state index in [1.54, 1.807) is 25.1 Å². The molecule has 0 aromatic heterocycles. The minimum absolute atomic E-state index is 0.207. The van der Waals surface area contributed by atoms with Gasteiger partial charge in [-0.2, -0.15) is 0 Å². The van der Waals surface area contributed by atoms with Crippen LogP contribution in [-0.4, -0.2) is 18.8 Å². The van der Waals surface area contributed by atoms with E-state index in [-0.39, 0.29) is 12.7 Å². The van der Waals surface area contributed by atoms with Crippen LogP contribution in [0.4, 0.5) is 5.69 Å². The maximum Gasteiger partial charge on any atom is 0.265 e. The van der Waals surface area contributed by atoms with Crippen LogP contribution >= 0.6 is 0 Å². The molecule has 0 unspecified atom stereocenters. The summed E-state index contributed by atoms with van der Waals surface area (Å²) in [6.45, 7) is 5.92. The number of anilines is 1. The number of hydrogen-bond donors (Lipinski definition) is 1. The summed E-state index contributed by atoms with van der Waals surface area (Å²) in [7, 11) is 0. The number of ether oxygens (including phenoxy) is 3. The van der Waals surface area contributed by atoms with Crippen molar-refractivity contribution in [3.05, 3.63) is 47.5 Å². The Morgan fingerprint density at radius 2 is 1.78 bits per heavy atom. The fraction of sp³-hybridized carbons (Fsp3) is 0.278. The first-order valence-corrected chi connectivity index (χ1v) is 7.47. The molecule has 120 valence electrons. The van der Waals surface area contributed by atoms with Gasteiger partial charge < -0.3 is 19.5 Å². The van der Waals surface area contributed by atoms with Crippen LogP contribution in [0.15, 0.2) is 36.4 Å². The minimum atomic E-state index is -0.610. The van der Waals surface area contributed by atoms with Crippen LogP contribution in [0.2, 0.25) is 0 Å². The molecule has 2 aromatic rings. The molecule has 0 fully saturated rings. The molecule has 0 aliphatic carbocycles. The molecule has 1 heterocycles. The molecule has 0 spiro atoms. The number of benzene rings is 2. The average Bonchev–Trinajstić information content (AvgIpc) is 2.93. The summed E-state index contributed by atoms with van der Waals surface area (Å²) in [5.74, 6) is 1.78. The van der Waals surface area contributed by atoms with Gasteiger partial charge in [-0.25, -0.2) is 0 Å². The molecule has 1 aliphatic rings. The van der Waals surface area contributed by atoms with Crippen molar-refractivity contribution in [3.8, 4) is 17.2 Å². The zero-order valence-electron chi connectivity index (χ0n) is 13.4. The highest BCUT2D eigenvalue weighted by atomic mass is 16.7. The summed E-state index contributed by atoms with van der Waals surface area (Å²) in [4.78, 5) is 12.3. The summed E-state index contributed by atoms with van der Waals surface area (Å²) in [6.07, 6.45) is -0.610. The number of hydrogen-bond acceptors (Lipinski definition) is 4. The number of carbonyl (C=O) groups is 1. The summed E-state index contributed by atoms with van der Waals surface area (Å²) in [5.41, 5.74) is 2.85. The summed E-state index contributed by atoms with van der Waals surface area (Å²) in [5, 5.41) is 2.82. The highest BCUT2D eigenvalue weighted by Gasteiger charge is 2.18. The Morgan fingerprint density at radius 1 is 1.09 bits per heavy atom. The first kappa shape index (κ1) is 15.2. The predicted octanol–water partition coefficient (Wildman–Crippen LogP) is 3.44. The molecule has 0 bridgehead atoms. The van der Waals surface area contributed by atoms with Crippen LogP contribution < -0.4 is 19.5 Å². The van der Waals surface area contributed by atoms with Crippen LogP contribution in [0.1, 0.15) is 18.1 Å². The number of nitrogens with one attached hydrogen (secondary N) is 1. The van der Waals surface area contributed by atoms with Crippen LogP contribution in [0.25, 0.3) is 0 Å². The Hall–Kier alpha value is -2.69. The standard InChI is InChI=1S/C18H19NO4/c1-11-6-12(2)8-15(7-11)23-13(3)18(20)19-14-4-5-16-17(9-14)22-10-21-16/h4-9,13H,10H2,1-3H3,(H,19,20)/t13-/m1/s1. The number of amides is 1. The van der Waals surface area contributed by atoms with Crippen LogP contribution in [0.3, 0.4) is 0 Å². The molecule has 1 aliphatic heterocycles. The molecule has 5 heteroatoms. The zero-order valence-corrected chi connectivity index (χ0v) is 13.4. The first-order chi connectivity index (χ1) is 11.0. The Bertz CT molecular complexity index is 722. The van der Waals surface area contributed by atoms with E-state index in [0.29, 0.717) is 22.9 Å². The van der Waals surface area contributed by atoms with Crippen molar-refractivity contribution in [2.24, 2.45) is 0 Å². The fourth-order valence-corrected chi connectivity index (χ4v) is 2.48. The second-order valence-corrected chi connectivity index (χ2v) is 5.64. The maximum atomic E-state index is 12.3. The lowest BCUT2D eigenvalue weighted by Gasteiger charge is -2.16. The number of fused-ring (bicyclic) bond motifs is 1. The van der Waals surface area contributed by atoms with E-state index in [0.717, 1.165) is 11.1 Å². The third kappa shape index (κ3) is 3.56.